The van der Waals surface area contributed by atoms with E-state index in [4.69, 9.17) is 9.90 Å². The molecular weight excluding hydrogens is 465 g/mol. The molecule has 0 saturated carbocycles. The van der Waals surface area contributed by atoms with Gasteiger partial charge in [-0.2, -0.15) is 13.2 Å². The Bertz CT molecular complexity index is 1240. The maximum atomic E-state index is 13.1. The van der Waals surface area contributed by atoms with E-state index in [-0.39, 0.29) is 6.03 Å². The lowest BCUT2D eigenvalue weighted by molar-refractivity contribution is -0.192. The number of benzene rings is 1. The number of piperazine rings is 1. The number of carbonyl (C=O) groups is 2. The van der Waals surface area contributed by atoms with Crippen LogP contribution in [0.5, 0.6) is 0 Å². The SMILES string of the molecule is Cn1cc(NC(=O)N2CCc3c(N4CCNCC4)ccnc32)c2ccccc21.O=C(O)C(F)(F)F. The number of hydrogen-bond donors (Lipinski definition) is 3. The van der Waals surface area contributed by atoms with E-state index in [1.807, 2.05) is 42.2 Å². The molecule has 0 atom stereocenters. The number of carboxylic acid groups (broad SMARTS) is 1. The van der Waals surface area contributed by atoms with Gasteiger partial charge in [0.2, 0.25) is 0 Å². The van der Waals surface area contributed by atoms with Gasteiger partial charge in [0.15, 0.2) is 0 Å². The molecule has 9 nitrogen and oxygen atoms in total. The highest BCUT2D eigenvalue weighted by Crippen LogP contribution is 2.34. The van der Waals surface area contributed by atoms with Crippen LogP contribution in [-0.4, -0.2) is 65.6 Å². The van der Waals surface area contributed by atoms with Gasteiger partial charge in [-0.3, -0.25) is 4.90 Å². The van der Waals surface area contributed by atoms with Crippen LogP contribution in [0, 0.1) is 0 Å². The van der Waals surface area contributed by atoms with Gasteiger partial charge in [-0.1, -0.05) is 18.2 Å². The Morgan fingerprint density at radius 2 is 1.80 bits per heavy atom. The molecule has 2 aliphatic rings. The molecule has 1 fully saturated rings. The lowest BCUT2D eigenvalue weighted by Crippen LogP contribution is -2.43. The Morgan fingerprint density at radius 1 is 1.11 bits per heavy atom. The van der Waals surface area contributed by atoms with E-state index in [1.165, 1.54) is 11.3 Å². The van der Waals surface area contributed by atoms with E-state index in [9.17, 15) is 18.0 Å². The average Bonchev–Trinajstić information content (AvgIpc) is 3.41. The first kappa shape index (κ1) is 24.3. The predicted molar refractivity (Wildman–Crippen MR) is 126 cm³/mol. The topological polar surface area (TPSA) is 103 Å². The number of para-hydroxylation sites is 1. The molecule has 2 aromatic heterocycles. The molecule has 4 heterocycles. The van der Waals surface area contributed by atoms with Gasteiger partial charge in [0.25, 0.3) is 0 Å². The van der Waals surface area contributed by atoms with E-state index in [0.717, 1.165) is 55.0 Å². The van der Waals surface area contributed by atoms with Gasteiger partial charge in [-0.25, -0.2) is 14.6 Å². The van der Waals surface area contributed by atoms with Crippen molar-refractivity contribution in [3.63, 3.8) is 0 Å². The Morgan fingerprint density at radius 3 is 2.49 bits per heavy atom. The molecule has 2 aliphatic heterocycles. The molecule has 0 aliphatic carbocycles. The second-order valence-electron chi connectivity index (χ2n) is 8.17. The zero-order valence-electron chi connectivity index (χ0n) is 19.0. The Hall–Kier alpha value is -3.80. The standard InChI is InChI=1S/C21H24N6O.C2HF3O2/c1-25-14-17(15-4-2-3-5-18(15)25)24-21(28)27-11-7-16-19(6-8-23-20(16)27)26-12-9-22-10-13-26;3-2(4,5)1(6)7/h2-6,8,14,22H,7,9-13H2,1H3,(H,24,28);(H,6,7). The lowest BCUT2D eigenvalue weighted by atomic mass is 10.1. The van der Waals surface area contributed by atoms with Crippen LogP contribution in [0.15, 0.2) is 42.7 Å². The van der Waals surface area contributed by atoms with Crippen LogP contribution in [0.4, 0.5) is 35.2 Å². The number of rotatable bonds is 2. The second-order valence-corrected chi connectivity index (χ2v) is 8.17. The number of alkyl halides is 3. The number of nitrogens with one attached hydrogen (secondary N) is 2. The van der Waals surface area contributed by atoms with Crippen molar-refractivity contribution in [2.45, 2.75) is 12.6 Å². The van der Waals surface area contributed by atoms with Gasteiger partial charge >= 0.3 is 18.2 Å². The van der Waals surface area contributed by atoms with Crippen molar-refractivity contribution in [2.24, 2.45) is 7.05 Å². The Balaban J connectivity index is 0.000000364. The van der Waals surface area contributed by atoms with E-state index >= 15 is 0 Å². The molecule has 0 unspecified atom stereocenters. The van der Waals surface area contributed by atoms with Crippen molar-refractivity contribution in [3.8, 4) is 0 Å². The van der Waals surface area contributed by atoms with E-state index in [2.05, 4.69) is 32.7 Å². The van der Waals surface area contributed by atoms with Crippen LogP contribution in [0.3, 0.4) is 0 Å². The van der Waals surface area contributed by atoms with Crippen molar-refractivity contribution in [1.82, 2.24) is 14.9 Å². The van der Waals surface area contributed by atoms with Gasteiger partial charge in [-0.05, 0) is 18.6 Å². The van der Waals surface area contributed by atoms with Gasteiger partial charge in [0, 0.05) is 74.3 Å². The summed E-state index contributed by atoms with van der Waals surface area (Å²) in [6.07, 6.45) is -0.463. The van der Waals surface area contributed by atoms with Crippen LogP contribution < -0.4 is 20.4 Å². The third kappa shape index (κ3) is 5.16. The summed E-state index contributed by atoms with van der Waals surface area (Å²) in [5, 5.41) is 14.6. The maximum Gasteiger partial charge on any atom is 0.490 e. The molecule has 0 spiro atoms. The number of carboxylic acids is 1. The van der Waals surface area contributed by atoms with Gasteiger partial charge in [-0.15, -0.1) is 0 Å². The molecule has 1 saturated heterocycles. The van der Waals surface area contributed by atoms with Crippen LogP contribution >= 0.6 is 0 Å². The highest BCUT2D eigenvalue weighted by Gasteiger charge is 2.38. The number of hydrogen-bond acceptors (Lipinski definition) is 5. The van der Waals surface area contributed by atoms with Gasteiger partial charge in [0.1, 0.15) is 5.82 Å². The minimum Gasteiger partial charge on any atom is -0.475 e. The van der Waals surface area contributed by atoms with E-state index < -0.39 is 12.1 Å². The summed E-state index contributed by atoms with van der Waals surface area (Å²) >= 11 is 0. The van der Waals surface area contributed by atoms with E-state index in [1.54, 1.807) is 4.90 Å². The van der Waals surface area contributed by atoms with Crippen LogP contribution in [-0.2, 0) is 18.3 Å². The third-order valence-electron chi connectivity index (χ3n) is 5.93. The first-order chi connectivity index (χ1) is 16.7. The second kappa shape index (κ2) is 9.82. The highest BCUT2D eigenvalue weighted by atomic mass is 19.4. The number of halogens is 3. The molecule has 3 N–H and O–H groups in total. The zero-order valence-corrected chi connectivity index (χ0v) is 19.0. The summed E-state index contributed by atoms with van der Waals surface area (Å²) in [6.45, 7) is 4.60. The Kier molecular flexibility index (Phi) is 6.83. The number of aliphatic carboxylic acids is 1. The molecule has 0 bridgehead atoms. The zero-order chi connectivity index (χ0) is 25.2. The molecule has 12 heteroatoms. The normalized spacial score (nSPS) is 15.4. The van der Waals surface area contributed by atoms with Gasteiger partial charge < -0.3 is 25.2 Å². The largest absolute Gasteiger partial charge is 0.490 e. The lowest BCUT2D eigenvalue weighted by Gasteiger charge is -2.30. The predicted octanol–water partition coefficient (Wildman–Crippen LogP) is 3.21. The average molecular weight is 490 g/mol. The number of pyridine rings is 1. The summed E-state index contributed by atoms with van der Waals surface area (Å²) in [7, 11) is 1.99. The van der Waals surface area contributed by atoms with Crippen molar-refractivity contribution >= 4 is 40.1 Å². The number of aryl methyl sites for hydroxylation is 1. The molecular formula is C23H25F3N6O3. The third-order valence-corrected chi connectivity index (χ3v) is 5.93. The summed E-state index contributed by atoms with van der Waals surface area (Å²) in [4.78, 5) is 30.7. The number of fused-ring (bicyclic) bond motifs is 2. The molecule has 35 heavy (non-hydrogen) atoms. The summed E-state index contributed by atoms with van der Waals surface area (Å²) < 4.78 is 33.8. The number of urea groups is 1. The number of carbonyl (C=O) groups excluding carboxylic acids is 1. The van der Waals surface area contributed by atoms with Crippen molar-refractivity contribution < 1.29 is 27.9 Å². The fourth-order valence-corrected chi connectivity index (χ4v) is 4.30. The minimum atomic E-state index is -5.08. The number of anilines is 3. The fraction of sp³-hybridized carbons (Fsp3) is 0.348. The molecule has 0 radical (unpaired) electrons. The van der Waals surface area contributed by atoms with Crippen molar-refractivity contribution in [2.75, 3.05) is 47.8 Å². The number of nitrogens with zero attached hydrogens (tertiary/aromatic N) is 4. The van der Waals surface area contributed by atoms with Crippen LogP contribution in [0.2, 0.25) is 0 Å². The van der Waals surface area contributed by atoms with Crippen LogP contribution in [0.25, 0.3) is 10.9 Å². The molecule has 1 aromatic carbocycles. The first-order valence-corrected chi connectivity index (χ1v) is 11.0. The quantitative estimate of drug-likeness (QED) is 0.510. The smallest absolute Gasteiger partial charge is 0.475 e. The summed E-state index contributed by atoms with van der Waals surface area (Å²) in [5.41, 5.74) is 4.32. The molecule has 186 valence electrons. The monoisotopic (exact) mass is 490 g/mol. The molecule has 5 rings (SSSR count). The number of aromatic nitrogens is 2. The fourth-order valence-electron chi connectivity index (χ4n) is 4.30. The van der Waals surface area contributed by atoms with Crippen molar-refractivity contribution in [1.29, 1.82) is 0 Å². The summed E-state index contributed by atoms with van der Waals surface area (Å²) in [6, 6.07) is 10.0. The highest BCUT2D eigenvalue weighted by molar-refractivity contribution is 6.08. The molecule has 3 aromatic rings. The maximum absolute atomic E-state index is 13.1. The minimum absolute atomic E-state index is 0.125. The summed E-state index contributed by atoms with van der Waals surface area (Å²) in [5.74, 6) is -1.97. The van der Waals surface area contributed by atoms with Crippen molar-refractivity contribution in [3.05, 3.63) is 48.3 Å². The van der Waals surface area contributed by atoms with E-state index in [0.29, 0.717) is 6.54 Å². The molecule has 2 amide bonds. The first-order valence-electron chi connectivity index (χ1n) is 11.0. The Labute approximate surface area is 199 Å². The number of amides is 2. The van der Waals surface area contributed by atoms with Crippen LogP contribution in [0.1, 0.15) is 5.56 Å². The van der Waals surface area contributed by atoms with Gasteiger partial charge in [0.05, 0.1) is 5.69 Å².